The van der Waals surface area contributed by atoms with Crippen LogP contribution in [0.5, 0.6) is 0 Å². The number of hydrogen-bond donors (Lipinski definition) is 0. The third kappa shape index (κ3) is 6.88. The van der Waals surface area contributed by atoms with Crippen molar-refractivity contribution in [1.82, 2.24) is 0 Å². The van der Waals surface area contributed by atoms with Crippen molar-refractivity contribution in [2.24, 2.45) is 5.92 Å². The van der Waals surface area contributed by atoms with E-state index in [1.165, 1.54) is 0 Å². The molecule has 17 heavy (non-hydrogen) atoms. The van der Waals surface area contributed by atoms with Crippen molar-refractivity contribution in [2.45, 2.75) is 51.5 Å². The van der Waals surface area contributed by atoms with Crippen molar-refractivity contribution in [3.63, 3.8) is 0 Å². The number of alkyl halides is 3. The Kier molecular flexibility index (Phi) is 7.08. The van der Waals surface area contributed by atoms with E-state index in [0.29, 0.717) is 6.42 Å². The molecule has 0 amide bonds. The van der Waals surface area contributed by atoms with Crippen LogP contribution in [-0.4, -0.2) is 20.5 Å². The molecule has 1 atom stereocenters. The van der Waals surface area contributed by atoms with Gasteiger partial charge in [0.15, 0.2) is 0 Å². The lowest BCUT2D eigenvalue weighted by molar-refractivity contribution is -0.0549. The summed E-state index contributed by atoms with van der Waals surface area (Å²) in [6.07, 6.45) is 4.71. The van der Waals surface area contributed by atoms with Crippen LogP contribution in [0.4, 0.5) is 13.2 Å². The monoisotopic (exact) mass is 276 g/mol. The van der Waals surface area contributed by atoms with Gasteiger partial charge in [0.1, 0.15) is 0 Å². The average Bonchev–Trinajstić information content (AvgIpc) is 2.20. The van der Waals surface area contributed by atoms with Crippen LogP contribution < -0.4 is 0 Å². The molecule has 0 fully saturated rings. The summed E-state index contributed by atoms with van der Waals surface area (Å²) in [5.41, 5.74) is -5.32. The van der Waals surface area contributed by atoms with Crippen LogP contribution in [0.2, 0.25) is 0 Å². The van der Waals surface area contributed by atoms with Gasteiger partial charge in [-0.05, 0) is 12.3 Å². The van der Waals surface area contributed by atoms with Crippen LogP contribution in [0.3, 0.4) is 0 Å². The maximum Gasteiger partial charge on any atom is 0.523 e. The summed E-state index contributed by atoms with van der Waals surface area (Å²) < 4.78 is 60.9. The lowest BCUT2D eigenvalue weighted by Gasteiger charge is -2.13. The number of hydrogen-bond acceptors (Lipinski definition) is 3. The smallest absolute Gasteiger partial charge is 0.263 e. The molecule has 0 aliphatic heterocycles. The molecule has 0 saturated carbocycles. The van der Waals surface area contributed by atoms with E-state index in [0.717, 1.165) is 25.7 Å². The quantitative estimate of drug-likeness (QED) is 0.387. The van der Waals surface area contributed by atoms with E-state index < -0.39 is 22.2 Å². The molecule has 0 bridgehead atoms. The van der Waals surface area contributed by atoms with E-state index in [1.807, 2.05) is 0 Å². The molecule has 0 aromatic heterocycles. The third-order valence-electron chi connectivity index (χ3n) is 2.34. The van der Waals surface area contributed by atoms with Gasteiger partial charge in [0.25, 0.3) is 0 Å². The maximum atomic E-state index is 11.9. The summed E-state index contributed by atoms with van der Waals surface area (Å²) in [5.74, 6) is -0.191. The topological polar surface area (TPSA) is 43.4 Å². The van der Waals surface area contributed by atoms with Gasteiger partial charge in [0.05, 0.1) is 6.61 Å². The van der Waals surface area contributed by atoms with Gasteiger partial charge in [-0.3, -0.25) is 4.18 Å². The van der Waals surface area contributed by atoms with Crippen molar-refractivity contribution in [3.8, 4) is 0 Å². The minimum atomic E-state index is -5.43. The fraction of sp³-hybridized carbons (Fsp3) is 1.00. The molecule has 0 heterocycles. The summed E-state index contributed by atoms with van der Waals surface area (Å²) in [5, 5.41) is 0. The zero-order valence-corrected chi connectivity index (χ0v) is 10.9. The van der Waals surface area contributed by atoms with Gasteiger partial charge in [0, 0.05) is 0 Å². The van der Waals surface area contributed by atoms with Crippen LogP contribution in [-0.2, 0) is 14.3 Å². The summed E-state index contributed by atoms with van der Waals surface area (Å²) in [6.45, 7) is 3.33. The Morgan fingerprint density at radius 3 is 2.24 bits per heavy atom. The molecule has 0 aliphatic rings. The molecule has 104 valence electrons. The van der Waals surface area contributed by atoms with Gasteiger partial charge in [0.2, 0.25) is 0 Å². The van der Waals surface area contributed by atoms with Gasteiger partial charge in [-0.2, -0.15) is 21.6 Å². The summed E-state index contributed by atoms with van der Waals surface area (Å²) in [6, 6.07) is 0. The minimum Gasteiger partial charge on any atom is -0.263 e. The number of rotatable bonds is 8. The molecule has 0 saturated heterocycles. The lowest BCUT2D eigenvalue weighted by Crippen LogP contribution is -2.27. The van der Waals surface area contributed by atoms with Gasteiger partial charge in [-0.15, -0.1) is 0 Å². The summed E-state index contributed by atoms with van der Waals surface area (Å²) in [7, 11) is -5.43. The Labute approximate surface area is 100 Å². The first-order valence-corrected chi connectivity index (χ1v) is 7.07. The second kappa shape index (κ2) is 7.20. The van der Waals surface area contributed by atoms with E-state index >= 15 is 0 Å². The first-order valence-electron chi connectivity index (χ1n) is 5.66. The van der Waals surface area contributed by atoms with Crippen molar-refractivity contribution in [3.05, 3.63) is 0 Å². The molecule has 0 radical (unpaired) electrons. The van der Waals surface area contributed by atoms with E-state index in [1.54, 1.807) is 6.92 Å². The molecule has 0 aliphatic carbocycles. The predicted molar refractivity (Wildman–Crippen MR) is 58.8 cm³/mol. The number of halogens is 3. The lowest BCUT2D eigenvalue weighted by atomic mass is 10.0. The molecule has 7 heteroatoms. The fourth-order valence-electron chi connectivity index (χ4n) is 1.28. The van der Waals surface area contributed by atoms with E-state index in [-0.39, 0.29) is 5.92 Å². The highest BCUT2D eigenvalue weighted by Crippen LogP contribution is 2.25. The van der Waals surface area contributed by atoms with Crippen LogP contribution >= 0.6 is 0 Å². The van der Waals surface area contributed by atoms with Crippen LogP contribution in [0.25, 0.3) is 0 Å². The molecular formula is C10H19F3O3S. The van der Waals surface area contributed by atoms with E-state index in [2.05, 4.69) is 11.1 Å². The molecular weight excluding hydrogens is 257 g/mol. The SMILES string of the molecule is CCCCCC[C@H](C)COS(=O)(=O)C(F)(F)F. The zero-order chi connectivity index (χ0) is 13.5. The normalized spacial score (nSPS) is 14.9. The standard InChI is InChI=1S/C10H19F3O3S/c1-3-4-5-6-7-9(2)8-16-17(14,15)10(11,12)13/h9H,3-8H2,1-2H3/t9-/m0/s1. The van der Waals surface area contributed by atoms with Gasteiger partial charge < -0.3 is 0 Å². The largest absolute Gasteiger partial charge is 0.523 e. The third-order valence-corrected chi connectivity index (χ3v) is 3.35. The Morgan fingerprint density at radius 2 is 1.76 bits per heavy atom. The first kappa shape index (κ1) is 16.7. The zero-order valence-electron chi connectivity index (χ0n) is 10.1. The van der Waals surface area contributed by atoms with Crippen molar-refractivity contribution >= 4 is 10.1 Å². The Morgan fingerprint density at radius 1 is 1.18 bits per heavy atom. The predicted octanol–water partition coefficient (Wildman–Crippen LogP) is 3.46. The Hall–Kier alpha value is -0.300. The van der Waals surface area contributed by atoms with Gasteiger partial charge in [-0.1, -0.05) is 39.5 Å². The summed E-state index contributed by atoms with van der Waals surface area (Å²) >= 11 is 0. The highest BCUT2D eigenvalue weighted by molar-refractivity contribution is 7.87. The van der Waals surface area contributed by atoms with Crippen LogP contribution in [0.1, 0.15) is 46.0 Å². The number of unbranched alkanes of at least 4 members (excludes halogenated alkanes) is 3. The van der Waals surface area contributed by atoms with Crippen LogP contribution in [0, 0.1) is 5.92 Å². The molecule has 3 nitrogen and oxygen atoms in total. The second-order valence-electron chi connectivity index (χ2n) is 4.14. The minimum absolute atomic E-state index is 0.191. The first-order chi connectivity index (χ1) is 7.70. The molecule has 0 aromatic rings. The molecule has 0 aromatic carbocycles. The van der Waals surface area contributed by atoms with E-state index in [9.17, 15) is 21.6 Å². The van der Waals surface area contributed by atoms with E-state index in [4.69, 9.17) is 0 Å². The molecule has 0 unspecified atom stereocenters. The highest BCUT2D eigenvalue weighted by atomic mass is 32.2. The average molecular weight is 276 g/mol. The highest BCUT2D eigenvalue weighted by Gasteiger charge is 2.47. The molecule has 0 spiro atoms. The maximum absolute atomic E-state index is 11.9. The fourth-order valence-corrected chi connectivity index (χ4v) is 1.82. The second-order valence-corrected chi connectivity index (χ2v) is 5.75. The Bertz CT molecular complexity index is 298. The van der Waals surface area contributed by atoms with Crippen molar-refractivity contribution < 1.29 is 25.8 Å². The Balaban J connectivity index is 3.88. The van der Waals surface area contributed by atoms with Crippen molar-refractivity contribution in [2.75, 3.05) is 6.61 Å². The summed E-state index contributed by atoms with van der Waals surface area (Å²) in [4.78, 5) is 0. The van der Waals surface area contributed by atoms with Gasteiger partial charge in [-0.25, -0.2) is 0 Å². The molecule has 0 N–H and O–H groups in total. The van der Waals surface area contributed by atoms with Crippen molar-refractivity contribution in [1.29, 1.82) is 0 Å². The van der Waals surface area contributed by atoms with Crippen LogP contribution in [0.15, 0.2) is 0 Å². The molecule has 0 rings (SSSR count). The van der Waals surface area contributed by atoms with Gasteiger partial charge >= 0.3 is 15.6 Å².